The van der Waals surface area contributed by atoms with Gasteiger partial charge in [-0.15, -0.1) is 0 Å². The Morgan fingerprint density at radius 1 is 1.29 bits per heavy atom. The van der Waals surface area contributed by atoms with Crippen LogP contribution in [0.1, 0.15) is 27.2 Å². The van der Waals surface area contributed by atoms with Crippen molar-refractivity contribution >= 4 is 5.91 Å². The van der Waals surface area contributed by atoms with Crippen LogP contribution in [0.25, 0.3) is 0 Å². The predicted molar refractivity (Wildman–Crippen MR) is 65.8 cm³/mol. The van der Waals surface area contributed by atoms with Gasteiger partial charge in [-0.05, 0) is 37.6 Å². The van der Waals surface area contributed by atoms with E-state index in [1.807, 2.05) is 38.1 Å². The van der Waals surface area contributed by atoms with E-state index in [2.05, 4.69) is 5.32 Å². The molecule has 0 saturated carbocycles. The van der Waals surface area contributed by atoms with E-state index in [4.69, 9.17) is 4.42 Å². The largest absolute Gasteiger partial charge is 0.467 e. The van der Waals surface area contributed by atoms with E-state index in [9.17, 15) is 4.79 Å². The summed E-state index contributed by atoms with van der Waals surface area (Å²) in [5.74, 6) is 0.686. The van der Waals surface area contributed by atoms with Gasteiger partial charge in [-0.25, -0.2) is 0 Å². The molecule has 0 saturated heterocycles. The minimum atomic E-state index is -0.0670. The Hall–Kier alpha value is -2.03. The number of carbonyl (C=O) groups is 1. The molecule has 17 heavy (non-hydrogen) atoms. The highest BCUT2D eigenvalue weighted by molar-refractivity contribution is 5.95. The maximum Gasteiger partial charge on any atom is 0.251 e. The van der Waals surface area contributed by atoms with Crippen LogP contribution in [0.15, 0.2) is 41.0 Å². The van der Waals surface area contributed by atoms with Gasteiger partial charge in [-0.1, -0.05) is 17.7 Å². The zero-order valence-electron chi connectivity index (χ0n) is 9.99. The van der Waals surface area contributed by atoms with E-state index >= 15 is 0 Å². The van der Waals surface area contributed by atoms with Crippen molar-refractivity contribution in [1.29, 1.82) is 0 Å². The lowest BCUT2D eigenvalue weighted by Gasteiger charge is -2.07. The summed E-state index contributed by atoms with van der Waals surface area (Å²) < 4.78 is 5.16. The second-order valence-electron chi connectivity index (χ2n) is 4.08. The molecule has 1 aromatic carbocycles. The monoisotopic (exact) mass is 229 g/mol. The standard InChI is InChI=1S/C14H15NO2/c1-10-5-6-11(2)13(8-10)14(16)15-9-12-4-3-7-17-12/h3-8H,9H2,1-2H3,(H,15,16). The first kappa shape index (κ1) is 11.5. The molecule has 2 aromatic rings. The lowest BCUT2D eigenvalue weighted by molar-refractivity contribution is 0.0947. The minimum Gasteiger partial charge on any atom is -0.467 e. The van der Waals surface area contributed by atoms with Gasteiger partial charge in [0.15, 0.2) is 0 Å². The van der Waals surface area contributed by atoms with Crippen LogP contribution >= 0.6 is 0 Å². The second kappa shape index (κ2) is 4.87. The number of hydrogen-bond donors (Lipinski definition) is 1. The van der Waals surface area contributed by atoms with Crippen LogP contribution in [0.4, 0.5) is 0 Å². The fourth-order valence-corrected chi connectivity index (χ4v) is 1.66. The van der Waals surface area contributed by atoms with E-state index in [1.54, 1.807) is 12.3 Å². The highest BCUT2D eigenvalue weighted by Crippen LogP contribution is 2.10. The van der Waals surface area contributed by atoms with Crippen molar-refractivity contribution in [3.8, 4) is 0 Å². The van der Waals surface area contributed by atoms with Crippen LogP contribution < -0.4 is 5.32 Å². The topological polar surface area (TPSA) is 42.2 Å². The summed E-state index contributed by atoms with van der Waals surface area (Å²) in [5.41, 5.74) is 2.78. The van der Waals surface area contributed by atoms with Crippen molar-refractivity contribution in [3.05, 3.63) is 59.0 Å². The Labute approximate surface area is 100 Å². The van der Waals surface area contributed by atoms with Gasteiger partial charge < -0.3 is 9.73 Å². The summed E-state index contributed by atoms with van der Waals surface area (Å²) in [6, 6.07) is 9.49. The number of amides is 1. The molecule has 0 aliphatic carbocycles. The molecule has 3 heteroatoms. The average Bonchev–Trinajstić information content (AvgIpc) is 2.82. The van der Waals surface area contributed by atoms with E-state index < -0.39 is 0 Å². The fourth-order valence-electron chi connectivity index (χ4n) is 1.66. The maximum atomic E-state index is 12.0. The fraction of sp³-hybridized carbons (Fsp3) is 0.214. The lowest BCUT2D eigenvalue weighted by Crippen LogP contribution is -2.23. The molecule has 0 aliphatic heterocycles. The molecule has 0 fully saturated rings. The molecule has 0 aliphatic rings. The Morgan fingerprint density at radius 2 is 2.12 bits per heavy atom. The van der Waals surface area contributed by atoms with Crippen molar-refractivity contribution in [1.82, 2.24) is 5.32 Å². The van der Waals surface area contributed by atoms with Gasteiger partial charge in [0.2, 0.25) is 0 Å². The van der Waals surface area contributed by atoms with Crippen LogP contribution in [0.3, 0.4) is 0 Å². The SMILES string of the molecule is Cc1ccc(C)c(C(=O)NCc2ccco2)c1. The summed E-state index contributed by atoms with van der Waals surface area (Å²) in [5, 5.41) is 2.84. The quantitative estimate of drug-likeness (QED) is 0.879. The molecular formula is C14H15NO2. The second-order valence-corrected chi connectivity index (χ2v) is 4.08. The molecule has 1 aromatic heterocycles. The highest BCUT2D eigenvalue weighted by Gasteiger charge is 2.09. The van der Waals surface area contributed by atoms with Crippen molar-refractivity contribution in [2.75, 3.05) is 0 Å². The summed E-state index contributed by atoms with van der Waals surface area (Å²) in [6.07, 6.45) is 1.60. The van der Waals surface area contributed by atoms with Crippen LogP contribution in [-0.4, -0.2) is 5.91 Å². The van der Waals surface area contributed by atoms with E-state index in [-0.39, 0.29) is 5.91 Å². The molecular weight excluding hydrogens is 214 g/mol. The summed E-state index contributed by atoms with van der Waals surface area (Å²) in [7, 11) is 0. The van der Waals surface area contributed by atoms with Crippen LogP contribution in [0.2, 0.25) is 0 Å². The normalized spacial score (nSPS) is 10.2. The predicted octanol–water partition coefficient (Wildman–Crippen LogP) is 2.83. The summed E-state index contributed by atoms with van der Waals surface area (Å²) in [4.78, 5) is 12.0. The molecule has 2 rings (SSSR count). The number of benzene rings is 1. The number of carbonyl (C=O) groups excluding carboxylic acids is 1. The number of nitrogens with one attached hydrogen (secondary N) is 1. The lowest BCUT2D eigenvalue weighted by atomic mass is 10.1. The van der Waals surface area contributed by atoms with Gasteiger partial charge in [0.25, 0.3) is 5.91 Å². The Morgan fingerprint density at radius 3 is 2.82 bits per heavy atom. The third-order valence-electron chi connectivity index (χ3n) is 2.64. The van der Waals surface area contributed by atoms with Crippen molar-refractivity contribution in [2.24, 2.45) is 0 Å². The minimum absolute atomic E-state index is 0.0670. The number of rotatable bonds is 3. The van der Waals surface area contributed by atoms with Crippen LogP contribution in [0, 0.1) is 13.8 Å². The van der Waals surface area contributed by atoms with Gasteiger partial charge in [0.1, 0.15) is 5.76 Å². The van der Waals surface area contributed by atoms with Crippen LogP contribution in [-0.2, 0) is 6.54 Å². The molecule has 0 radical (unpaired) electrons. The van der Waals surface area contributed by atoms with Gasteiger partial charge >= 0.3 is 0 Å². The van der Waals surface area contributed by atoms with Crippen LogP contribution in [0.5, 0.6) is 0 Å². The molecule has 3 nitrogen and oxygen atoms in total. The Kier molecular flexibility index (Phi) is 3.28. The molecule has 0 spiro atoms. The molecule has 1 amide bonds. The molecule has 88 valence electrons. The van der Waals surface area contributed by atoms with Crippen molar-refractivity contribution < 1.29 is 9.21 Å². The molecule has 0 unspecified atom stereocenters. The Bertz CT molecular complexity index is 515. The summed E-state index contributed by atoms with van der Waals surface area (Å²) >= 11 is 0. The van der Waals surface area contributed by atoms with Gasteiger partial charge in [-0.3, -0.25) is 4.79 Å². The molecule has 1 N–H and O–H groups in total. The van der Waals surface area contributed by atoms with Gasteiger partial charge in [0, 0.05) is 5.56 Å². The molecule has 1 heterocycles. The van der Waals surface area contributed by atoms with Gasteiger partial charge in [0.05, 0.1) is 12.8 Å². The van der Waals surface area contributed by atoms with E-state index in [1.165, 1.54) is 0 Å². The zero-order valence-corrected chi connectivity index (χ0v) is 9.99. The third kappa shape index (κ3) is 2.75. The number of furan rings is 1. The van der Waals surface area contributed by atoms with Gasteiger partial charge in [-0.2, -0.15) is 0 Å². The number of aryl methyl sites for hydroxylation is 2. The van der Waals surface area contributed by atoms with Crippen molar-refractivity contribution in [2.45, 2.75) is 20.4 Å². The molecule has 0 bridgehead atoms. The zero-order chi connectivity index (χ0) is 12.3. The molecule has 0 atom stereocenters. The third-order valence-corrected chi connectivity index (χ3v) is 2.64. The van der Waals surface area contributed by atoms with Crippen molar-refractivity contribution in [3.63, 3.8) is 0 Å². The average molecular weight is 229 g/mol. The maximum absolute atomic E-state index is 12.0. The Balaban J connectivity index is 2.07. The first-order valence-electron chi connectivity index (χ1n) is 5.54. The van der Waals surface area contributed by atoms with E-state index in [0.29, 0.717) is 6.54 Å². The smallest absolute Gasteiger partial charge is 0.251 e. The summed E-state index contributed by atoms with van der Waals surface area (Å²) in [6.45, 7) is 4.32. The van der Waals surface area contributed by atoms with E-state index in [0.717, 1.165) is 22.5 Å². The first-order valence-corrected chi connectivity index (χ1v) is 5.54. The first-order chi connectivity index (χ1) is 8.16. The highest BCUT2D eigenvalue weighted by atomic mass is 16.3. The number of hydrogen-bond acceptors (Lipinski definition) is 2.